The number of nitrogens with zero attached hydrogens (tertiary/aromatic N) is 2. The zero-order chi connectivity index (χ0) is 23.7. The van der Waals surface area contributed by atoms with Crippen molar-refractivity contribution in [1.82, 2.24) is 10.1 Å². The summed E-state index contributed by atoms with van der Waals surface area (Å²) in [5.41, 5.74) is 3.77. The monoisotopic (exact) mass is 474 g/mol. The molecule has 2 aromatic heterocycles. The Kier molecular flexibility index (Phi) is 5.69. The quantitative estimate of drug-likeness (QED) is 0.365. The highest BCUT2D eigenvalue weighted by Gasteiger charge is 2.19. The number of halogens is 1. The zero-order valence-corrected chi connectivity index (χ0v) is 18.7. The largest absolute Gasteiger partial charge is 0.392 e. The maximum atomic E-state index is 13.7. The van der Waals surface area contributed by atoms with Gasteiger partial charge in [0.25, 0.3) is 0 Å². The number of aliphatic hydroxyl groups excluding tert-OH is 1. The van der Waals surface area contributed by atoms with E-state index >= 15 is 0 Å². The van der Waals surface area contributed by atoms with Crippen molar-refractivity contribution >= 4 is 20.6 Å². The molecule has 5 aromatic rings. The van der Waals surface area contributed by atoms with E-state index in [1.807, 2.05) is 12.1 Å². The zero-order valence-electron chi connectivity index (χ0n) is 17.8. The minimum Gasteiger partial charge on any atom is -0.392 e. The van der Waals surface area contributed by atoms with Crippen LogP contribution in [0.5, 0.6) is 0 Å². The average molecular weight is 475 g/mol. The van der Waals surface area contributed by atoms with E-state index in [2.05, 4.69) is 10.1 Å². The van der Waals surface area contributed by atoms with Gasteiger partial charge in [0.1, 0.15) is 17.8 Å². The highest BCUT2D eigenvalue weighted by Crippen LogP contribution is 2.33. The van der Waals surface area contributed by atoms with Gasteiger partial charge in [-0.2, -0.15) is 0 Å². The van der Waals surface area contributed by atoms with Gasteiger partial charge in [0.2, 0.25) is 0 Å². The number of fused-ring (bicyclic) bond motifs is 1. The van der Waals surface area contributed by atoms with Gasteiger partial charge in [-0.3, -0.25) is 4.98 Å². The Morgan fingerprint density at radius 3 is 2.56 bits per heavy atom. The molecule has 6 nitrogen and oxygen atoms in total. The van der Waals surface area contributed by atoms with Crippen molar-refractivity contribution < 1.29 is 22.4 Å². The number of hydrogen-bond donors (Lipinski definition) is 1. The maximum absolute atomic E-state index is 13.7. The van der Waals surface area contributed by atoms with Crippen LogP contribution >= 0.6 is 0 Å². The third-order valence-electron chi connectivity index (χ3n) is 5.61. The summed E-state index contributed by atoms with van der Waals surface area (Å²) in [4.78, 5) is 4.68. The summed E-state index contributed by atoms with van der Waals surface area (Å²) >= 11 is 0. The minimum absolute atomic E-state index is 0.170. The Hall–Kier alpha value is -3.88. The molecule has 0 saturated heterocycles. The van der Waals surface area contributed by atoms with Crippen LogP contribution in [0, 0.1) is 5.82 Å². The Bertz CT molecular complexity index is 1600. The van der Waals surface area contributed by atoms with Crippen molar-refractivity contribution in [2.45, 2.75) is 17.3 Å². The second-order valence-electron chi connectivity index (χ2n) is 7.83. The average Bonchev–Trinajstić information content (AvgIpc) is 3.35. The van der Waals surface area contributed by atoms with E-state index in [9.17, 15) is 17.9 Å². The van der Waals surface area contributed by atoms with Gasteiger partial charge in [-0.25, -0.2) is 12.8 Å². The summed E-state index contributed by atoms with van der Waals surface area (Å²) in [6, 6.07) is 19.9. The third-order valence-corrected chi connectivity index (χ3v) is 7.26. The van der Waals surface area contributed by atoms with E-state index < -0.39 is 9.84 Å². The van der Waals surface area contributed by atoms with Crippen LogP contribution < -0.4 is 0 Å². The number of hydrogen-bond acceptors (Lipinski definition) is 6. The minimum atomic E-state index is -3.62. The van der Waals surface area contributed by atoms with Gasteiger partial charge < -0.3 is 9.63 Å². The van der Waals surface area contributed by atoms with Crippen molar-refractivity contribution in [3.8, 4) is 22.4 Å². The molecule has 0 atom stereocenters. The molecule has 0 aliphatic rings. The molecule has 34 heavy (non-hydrogen) atoms. The fraction of sp³-hybridized carbons (Fsp3) is 0.0769. The van der Waals surface area contributed by atoms with Crippen molar-refractivity contribution in [1.29, 1.82) is 0 Å². The first-order valence-corrected chi connectivity index (χ1v) is 12.1. The Balaban J connectivity index is 1.56. The van der Waals surface area contributed by atoms with Crippen molar-refractivity contribution in [2.24, 2.45) is 0 Å². The van der Waals surface area contributed by atoms with E-state index in [1.54, 1.807) is 48.7 Å². The van der Waals surface area contributed by atoms with Gasteiger partial charge in [0.15, 0.2) is 9.84 Å². The lowest BCUT2D eigenvalue weighted by atomic mass is 9.95. The van der Waals surface area contributed by atoms with Crippen molar-refractivity contribution in [2.75, 3.05) is 0 Å². The van der Waals surface area contributed by atoms with Crippen LogP contribution in [0.2, 0.25) is 0 Å². The maximum Gasteiger partial charge on any atom is 0.184 e. The number of rotatable bonds is 6. The Morgan fingerprint density at radius 2 is 1.79 bits per heavy atom. The second-order valence-corrected chi connectivity index (χ2v) is 9.82. The smallest absolute Gasteiger partial charge is 0.184 e. The summed E-state index contributed by atoms with van der Waals surface area (Å²) in [5.74, 6) is -0.597. The second kappa shape index (κ2) is 8.81. The molecule has 170 valence electrons. The molecule has 5 rings (SSSR count). The Morgan fingerprint density at radius 1 is 0.941 bits per heavy atom. The normalized spacial score (nSPS) is 11.7. The highest BCUT2D eigenvalue weighted by molar-refractivity contribution is 7.90. The summed E-state index contributed by atoms with van der Waals surface area (Å²) in [7, 11) is -3.62. The topological polar surface area (TPSA) is 93.3 Å². The summed E-state index contributed by atoms with van der Waals surface area (Å²) in [5, 5.41) is 15.2. The fourth-order valence-corrected chi connectivity index (χ4v) is 5.24. The van der Waals surface area contributed by atoms with E-state index in [1.165, 1.54) is 24.5 Å². The van der Waals surface area contributed by atoms with Gasteiger partial charge in [-0.15, -0.1) is 0 Å². The molecule has 1 N–H and O–H groups in total. The van der Waals surface area contributed by atoms with E-state index in [0.29, 0.717) is 33.5 Å². The number of benzene rings is 3. The summed E-state index contributed by atoms with van der Waals surface area (Å²) in [6.45, 7) is -0.235. The molecule has 0 fully saturated rings. The number of sulfone groups is 1. The van der Waals surface area contributed by atoms with Gasteiger partial charge in [0.05, 0.1) is 22.9 Å². The van der Waals surface area contributed by atoms with Crippen LogP contribution in [0.15, 0.2) is 94.7 Å². The van der Waals surface area contributed by atoms with E-state index in [4.69, 9.17) is 4.52 Å². The first kappa shape index (κ1) is 21.9. The first-order valence-electron chi connectivity index (χ1n) is 10.5. The van der Waals surface area contributed by atoms with Crippen molar-refractivity contribution in [3.05, 3.63) is 102 Å². The van der Waals surface area contributed by atoms with Gasteiger partial charge in [-0.05, 0) is 58.5 Å². The molecule has 0 radical (unpaired) electrons. The van der Waals surface area contributed by atoms with Crippen LogP contribution in [-0.2, 0) is 22.2 Å². The predicted octanol–water partition coefficient (Wildman–Crippen LogP) is 5.16. The molecule has 0 bridgehead atoms. The molecular weight excluding hydrogens is 455 g/mol. The SMILES string of the molecule is O=S(=O)(Cc1ccon1)c1ccc2c(-c3ccc(-c4cccc(F)c4)cc3CO)nccc2c1. The van der Waals surface area contributed by atoms with Crippen LogP contribution in [0.4, 0.5) is 4.39 Å². The summed E-state index contributed by atoms with van der Waals surface area (Å²) < 4.78 is 44.1. The molecule has 0 saturated carbocycles. The lowest BCUT2D eigenvalue weighted by molar-refractivity contribution is 0.282. The first-order chi connectivity index (χ1) is 16.4. The van der Waals surface area contributed by atoms with Crippen LogP contribution in [0.1, 0.15) is 11.3 Å². The van der Waals surface area contributed by atoms with Gasteiger partial charge in [0, 0.05) is 23.2 Å². The number of aromatic nitrogens is 2. The van der Waals surface area contributed by atoms with Crippen LogP contribution in [0.25, 0.3) is 33.2 Å². The Labute approximate surface area is 195 Å². The molecular formula is C26H19FN2O4S. The predicted molar refractivity (Wildman–Crippen MR) is 126 cm³/mol. The standard InChI is InChI=1S/C26H19FN2O4S/c27-21-3-1-2-17(13-21)18-4-6-25(20(12-18)15-30)26-24-7-5-23(14-19(24)8-10-28-26)34(31,32)16-22-9-11-33-29-22/h1-14,30H,15-16H2. The van der Waals surface area contributed by atoms with Crippen LogP contribution in [0.3, 0.4) is 0 Å². The molecule has 8 heteroatoms. The molecule has 3 aromatic carbocycles. The highest BCUT2D eigenvalue weighted by atomic mass is 32.2. The molecule has 0 spiro atoms. The molecule has 0 aliphatic heterocycles. The molecule has 0 amide bonds. The third kappa shape index (κ3) is 4.21. The van der Waals surface area contributed by atoms with E-state index in [0.717, 1.165) is 10.9 Å². The van der Waals surface area contributed by atoms with Crippen LogP contribution in [-0.4, -0.2) is 23.7 Å². The summed E-state index contributed by atoms with van der Waals surface area (Å²) in [6.07, 6.45) is 2.94. The molecule has 0 aliphatic carbocycles. The van der Waals surface area contributed by atoms with Gasteiger partial charge >= 0.3 is 0 Å². The number of pyridine rings is 1. The lowest BCUT2D eigenvalue weighted by Crippen LogP contribution is -2.05. The van der Waals surface area contributed by atoms with Gasteiger partial charge in [-0.1, -0.05) is 35.5 Å². The lowest BCUT2D eigenvalue weighted by Gasteiger charge is -2.13. The number of aliphatic hydroxyl groups is 1. The molecule has 0 unspecified atom stereocenters. The molecule has 2 heterocycles. The van der Waals surface area contributed by atoms with Crippen molar-refractivity contribution in [3.63, 3.8) is 0 Å². The fourth-order valence-electron chi connectivity index (χ4n) is 3.96. The van der Waals surface area contributed by atoms with E-state index in [-0.39, 0.29) is 23.1 Å².